The van der Waals surface area contributed by atoms with E-state index in [1.165, 1.54) is 7.11 Å². The van der Waals surface area contributed by atoms with Gasteiger partial charge in [-0.2, -0.15) is 0 Å². The maximum Gasteiger partial charge on any atom is 0.410 e. The summed E-state index contributed by atoms with van der Waals surface area (Å²) < 4.78 is 11.3. The van der Waals surface area contributed by atoms with Crippen LogP contribution in [0.2, 0.25) is 0 Å². The monoisotopic (exact) mass is 398 g/mol. The summed E-state index contributed by atoms with van der Waals surface area (Å²) in [6.07, 6.45) is 2.19. The number of likely N-dealkylation sites (tertiary alicyclic amines) is 1. The molecule has 7 heteroatoms. The molecule has 1 aliphatic rings. The minimum atomic E-state index is -0.836. The van der Waals surface area contributed by atoms with Gasteiger partial charge < -0.3 is 14.4 Å². The van der Waals surface area contributed by atoms with Gasteiger partial charge in [0.15, 0.2) is 0 Å². The van der Waals surface area contributed by atoms with Crippen molar-refractivity contribution in [3.05, 3.63) is 28.5 Å². The van der Waals surface area contributed by atoms with Crippen LogP contribution in [0.15, 0.2) is 22.8 Å². The number of ether oxygens (including phenoxy) is 2. The van der Waals surface area contributed by atoms with Gasteiger partial charge in [-0.1, -0.05) is 15.9 Å². The Kier molecular flexibility index (Phi) is 5.52. The average molecular weight is 399 g/mol. The van der Waals surface area contributed by atoms with E-state index in [2.05, 4.69) is 20.9 Å². The van der Waals surface area contributed by atoms with Crippen LogP contribution in [-0.4, -0.2) is 47.7 Å². The van der Waals surface area contributed by atoms with Gasteiger partial charge in [0.1, 0.15) is 11.0 Å². The van der Waals surface area contributed by atoms with Gasteiger partial charge >= 0.3 is 12.1 Å². The van der Waals surface area contributed by atoms with Crippen LogP contribution < -0.4 is 0 Å². The molecule has 0 aliphatic carbocycles. The molecule has 0 spiro atoms. The molecule has 0 atom stereocenters. The fourth-order valence-electron chi connectivity index (χ4n) is 2.82. The Morgan fingerprint density at radius 2 is 1.92 bits per heavy atom. The summed E-state index contributed by atoms with van der Waals surface area (Å²) in [6, 6.07) is 3.64. The summed E-state index contributed by atoms with van der Waals surface area (Å²) in [5.74, 6) is -0.322. The third-order valence-electron chi connectivity index (χ3n) is 4.06. The van der Waals surface area contributed by atoms with Gasteiger partial charge in [0, 0.05) is 23.8 Å². The molecular formula is C17H23BrN2O4. The second-order valence-corrected chi connectivity index (χ2v) is 7.82. The van der Waals surface area contributed by atoms with Gasteiger partial charge in [-0.15, -0.1) is 0 Å². The van der Waals surface area contributed by atoms with E-state index in [1.807, 2.05) is 32.9 Å². The number of pyridine rings is 1. The first kappa shape index (κ1) is 18.7. The minimum Gasteiger partial charge on any atom is -0.468 e. The second-order valence-electron chi connectivity index (χ2n) is 6.90. The van der Waals surface area contributed by atoms with Crippen molar-refractivity contribution in [2.24, 2.45) is 0 Å². The normalized spacial score (nSPS) is 17.3. The van der Waals surface area contributed by atoms with Crippen LogP contribution >= 0.6 is 15.9 Å². The Balaban J connectivity index is 2.20. The molecule has 0 N–H and O–H groups in total. The van der Waals surface area contributed by atoms with Gasteiger partial charge in [0.25, 0.3) is 0 Å². The lowest BCUT2D eigenvalue weighted by Crippen LogP contribution is -2.50. The molecule has 0 saturated carbocycles. The number of aromatic nitrogens is 1. The molecule has 6 nitrogen and oxygen atoms in total. The highest BCUT2D eigenvalue weighted by Gasteiger charge is 2.46. The van der Waals surface area contributed by atoms with Gasteiger partial charge in [-0.05, 0) is 45.7 Å². The summed E-state index contributed by atoms with van der Waals surface area (Å²) in [5.41, 5.74) is -0.718. The van der Waals surface area contributed by atoms with Crippen molar-refractivity contribution >= 4 is 28.0 Å². The van der Waals surface area contributed by atoms with Gasteiger partial charge in [-0.3, -0.25) is 9.78 Å². The van der Waals surface area contributed by atoms with Crippen molar-refractivity contribution in [2.75, 3.05) is 20.2 Å². The number of hydrogen-bond donors (Lipinski definition) is 0. The highest BCUT2D eigenvalue weighted by atomic mass is 79.9. The molecule has 1 amide bonds. The standard InChI is InChI=1S/C17H23BrN2O4/c1-16(2,3)24-15(22)20-9-6-17(7-10-20,14(21)23-4)13-11-12(18)5-8-19-13/h5,8,11H,6-7,9-10H2,1-4H3. The minimum absolute atomic E-state index is 0.322. The Bertz CT molecular complexity index is 619. The summed E-state index contributed by atoms with van der Waals surface area (Å²) in [5, 5.41) is 0. The Morgan fingerprint density at radius 3 is 2.42 bits per heavy atom. The van der Waals surface area contributed by atoms with E-state index in [1.54, 1.807) is 11.1 Å². The lowest BCUT2D eigenvalue weighted by atomic mass is 9.75. The summed E-state index contributed by atoms with van der Waals surface area (Å²) in [4.78, 5) is 30.7. The number of carbonyl (C=O) groups excluding carboxylic acids is 2. The van der Waals surface area contributed by atoms with Crippen molar-refractivity contribution in [1.29, 1.82) is 0 Å². The molecule has 1 saturated heterocycles. The number of methoxy groups -OCH3 is 1. The predicted molar refractivity (Wildman–Crippen MR) is 92.7 cm³/mol. The molecule has 1 aromatic rings. The van der Waals surface area contributed by atoms with E-state index in [0.29, 0.717) is 31.6 Å². The van der Waals surface area contributed by atoms with Crippen molar-refractivity contribution < 1.29 is 19.1 Å². The van der Waals surface area contributed by atoms with Crippen molar-refractivity contribution in [1.82, 2.24) is 9.88 Å². The Hall–Kier alpha value is -1.63. The molecule has 2 heterocycles. The topological polar surface area (TPSA) is 68.7 Å². The summed E-state index contributed by atoms with van der Waals surface area (Å²) >= 11 is 3.42. The lowest BCUT2D eigenvalue weighted by molar-refractivity contribution is -0.150. The van der Waals surface area contributed by atoms with E-state index in [9.17, 15) is 9.59 Å². The molecule has 0 radical (unpaired) electrons. The zero-order chi connectivity index (χ0) is 18.0. The van der Waals surface area contributed by atoms with Gasteiger partial charge in [0.2, 0.25) is 0 Å². The Labute approximate surface area is 150 Å². The third-order valence-corrected chi connectivity index (χ3v) is 4.55. The van der Waals surface area contributed by atoms with Gasteiger partial charge in [-0.25, -0.2) is 4.79 Å². The number of rotatable bonds is 2. The van der Waals surface area contributed by atoms with E-state index in [0.717, 1.165) is 4.47 Å². The fraction of sp³-hybridized carbons (Fsp3) is 0.588. The number of esters is 1. The molecule has 1 aromatic heterocycles. The van der Waals surface area contributed by atoms with Crippen LogP contribution in [0.4, 0.5) is 4.79 Å². The lowest BCUT2D eigenvalue weighted by Gasteiger charge is -2.39. The zero-order valence-corrected chi connectivity index (χ0v) is 16.1. The molecule has 0 unspecified atom stereocenters. The summed E-state index contributed by atoms with van der Waals surface area (Å²) in [7, 11) is 1.38. The highest BCUT2D eigenvalue weighted by molar-refractivity contribution is 9.10. The number of halogens is 1. The van der Waals surface area contributed by atoms with E-state index in [4.69, 9.17) is 9.47 Å². The first-order valence-corrected chi connectivity index (χ1v) is 8.66. The number of amides is 1. The zero-order valence-electron chi connectivity index (χ0n) is 14.5. The van der Waals surface area contributed by atoms with E-state index < -0.39 is 11.0 Å². The maximum atomic E-state index is 12.5. The first-order chi connectivity index (χ1) is 11.2. The number of hydrogen-bond acceptors (Lipinski definition) is 5. The molecule has 0 bridgehead atoms. The van der Waals surface area contributed by atoms with Crippen LogP contribution in [0, 0.1) is 0 Å². The number of nitrogens with zero attached hydrogens (tertiary/aromatic N) is 2. The van der Waals surface area contributed by atoms with E-state index in [-0.39, 0.29) is 12.1 Å². The molecule has 1 fully saturated rings. The maximum absolute atomic E-state index is 12.5. The van der Waals surface area contributed by atoms with Crippen molar-refractivity contribution in [2.45, 2.75) is 44.6 Å². The fourth-order valence-corrected chi connectivity index (χ4v) is 3.16. The molecule has 2 rings (SSSR count). The first-order valence-electron chi connectivity index (χ1n) is 7.86. The number of piperidine rings is 1. The second kappa shape index (κ2) is 7.09. The third kappa shape index (κ3) is 4.06. The SMILES string of the molecule is COC(=O)C1(c2cc(Br)ccn2)CCN(C(=O)OC(C)(C)C)CC1. The van der Waals surface area contributed by atoms with Crippen LogP contribution in [0.5, 0.6) is 0 Å². The molecular weight excluding hydrogens is 376 g/mol. The van der Waals surface area contributed by atoms with Gasteiger partial charge in [0.05, 0.1) is 12.8 Å². The Morgan fingerprint density at radius 1 is 1.29 bits per heavy atom. The number of carbonyl (C=O) groups is 2. The van der Waals surface area contributed by atoms with Crippen LogP contribution in [-0.2, 0) is 19.7 Å². The molecule has 1 aliphatic heterocycles. The van der Waals surface area contributed by atoms with Crippen LogP contribution in [0.1, 0.15) is 39.3 Å². The molecule has 132 valence electrons. The average Bonchev–Trinajstić information content (AvgIpc) is 2.52. The predicted octanol–water partition coefficient (Wildman–Crippen LogP) is 3.29. The largest absolute Gasteiger partial charge is 0.468 e. The van der Waals surface area contributed by atoms with Crippen molar-refractivity contribution in [3.63, 3.8) is 0 Å². The van der Waals surface area contributed by atoms with Crippen molar-refractivity contribution in [3.8, 4) is 0 Å². The van der Waals surface area contributed by atoms with Crippen LogP contribution in [0.3, 0.4) is 0 Å². The highest BCUT2D eigenvalue weighted by Crippen LogP contribution is 2.37. The quantitative estimate of drug-likeness (QED) is 0.714. The summed E-state index contributed by atoms with van der Waals surface area (Å²) in [6.45, 7) is 6.33. The molecule has 24 heavy (non-hydrogen) atoms. The molecule has 0 aromatic carbocycles. The van der Waals surface area contributed by atoms with Crippen LogP contribution in [0.25, 0.3) is 0 Å². The smallest absolute Gasteiger partial charge is 0.410 e. The van der Waals surface area contributed by atoms with E-state index >= 15 is 0 Å².